The summed E-state index contributed by atoms with van der Waals surface area (Å²) in [6.07, 6.45) is 0. The number of carboxylic acids is 1. The second-order valence-corrected chi connectivity index (χ2v) is 2.41. The molecule has 0 aliphatic rings. The molecular formula is C8H6NNaO5. The maximum absolute atomic E-state index is 10.2. The second kappa shape index (κ2) is 6.39. The Labute approximate surface area is 107 Å². The number of benzene rings is 1. The average molecular weight is 219 g/mol. The summed E-state index contributed by atoms with van der Waals surface area (Å²) in [6.45, 7) is -0.572. The number of carbonyl (C=O) groups excluding carboxylic acids is 1. The third kappa shape index (κ3) is 4.78. The molecule has 0 atom stereocenters. The Balaban J connectivity index is 0.00000196. The Morgan fingerprint density at radius 1 is 1.33 bits per heavy atom. The van der Waals surface area contributed by atoms with E-state index < -0.39 is 17.5 Å². The van der Waals surface area contributed by atoms with Gasteiger partial charge in [0.2, 0.25) is 0 Å². The zero-order chi connectivity index (χ0) is 10.6. The molecular weight excluding hydrogens is 213 g/mol. The number of nitrogens with zero attached hydrogens (tertiary/aromatic N) is 1. The number of carbonyl (C=O) groups is 1. The molecule has 0 saturated heterocycles. The maximum atomic E-state index is 10.2. The Bertz CT molecular complexity index is 351. The summed E-state index contributed by atoms with van der Waals surface area (Å²) < 4.78 is 4.72. The molecule has 0 bridgehead atoms. The number of rotatable bonds is 4. The van der Waals surface area contributed by atoms with Gasteiger partial charge in [-0.05, 0) is 12.1 Å². The van der Waals surface area contributed by atoms with E-state index in [2.05, 4.69) is 0 Å². The van der Waals surface area contributed by atoms with E-state index in [1.54, 1.807) is 0 Å². The van der Waals surface area contributed by atoms with E-state index >= 15 is 0 Å². The largest absolute Gasteiger partial charge is 1.00 e. The van der Waals surface area contributed by atoms with E-state index in [9.17, 15) is 20.0 Å². The Kier molecular flexibility index (Phi) is 5.92. The molecule has 0 saturated carbocycles. The third-order valence-corrected chi connectivity index (χ3v) is 1.40. The molecule has 0 spiro atoms. The van der Waals surface area contributed by atoms with Crippen molar-refractivity contribution in [1.82, 2.24) is 0 Å². The molecule has 0 N–H and O–H groups in total. The SMILES string of the molecule is O=C([O-])COc1ccc([N+](=O)[O-])cc1.[Na+]. The molecule has 1 rings (SSSR count). The van der Waals surface area contributed by atoms with Crippen LogP contribution in [0.25, 0.3) is 0 Å². The molecule has 1 aromatic carbocycles. The quantitative estimate of drug-likeness (QED) is 0.301. The van der Waals surface area contributed by atoms with Gasteiger partial charge in [-0.2, -0.15) is 0 Å². The van der Waals surface area contributed by atoms with Crippen LogP contribution < -0.4 is 39.4 Å². The Morgan fingerprint density at radius 2 is 1.87 bits per heavy atom. The van der Waals surface area contributed by atoms with Crippen molar-refractivity contribution in [3.63, 3.8) is 0 Å². The first-order valence-electron chi connectivity index (χ1n) is 3.66. The number of carboxylic acid groups (broad SMARTS) is 1. The molecule has 0 amide bonds. The Hall–Kier alpha value is -1.11. The number of aliphatic carboxylic acids is 1. The van der Waals surface area contributed by atoms with Crippen molar-refractivity contribution in [1.29, 1.82) is 0 Å². The van der Waals surface area contributed by atoms with Crippen LogP contribution in [0.5, 0.6) is 5.75 Å². The summed E-state index contributed by atoms with van der Waals surface area (Å²) in [5.74, 6) is -1.09. The molecule has 7 heteroatoms. The minimum atomic E-state index is -1.34. The maximum Gasteiger partial charge on any atom is 1.00 e. The molecule has 0 aromatic heterocycles. The summed E-state index contributed by atoms with van der Waals surface area (Å²) in [5.41, 5.74) is -0.0780. The van der Waals surface area contributed by atoms with Gasteiger partial charge < -0.3 is 14.6 Å². The van der Waals surface area contributed by atoms with Crippen LogP contribution in [0.4, 0.5) is 5.69 Å². The van der Waals surface area contributed by atoms with Gasteiger partial charge in [0.15, 0.2) is 0 Å². The van der Waals surface area contributed by atoms with Crippen molar-refractivity contribution in [3.8, 4) is 5.75 Å². The zero-order valence-electron chi connectivity index (χ0n) is 8.00. The van der Waals surface area contributed by atoms with E-state index in [1.165, 1.54) is 24.3 Å². The van der Waals surface area contributed by atoms with Crippen molar-refractivity contribution in [2.45, 2.75) is 0 Å². The molecule has 6 nitrogen and oxygen atoms in total. The van der Waals surface area contributed by atoms with Crippen LogP contribution in [0.1, 0.15) is 0 Å². The number of non-ortho nitro benzene ring substituents is 1. The van der Waals surface area contributed by atoms with Gasteiger partial charge >= 0.3 is 29.6 Å². The van der Waals surface area contributed by atoms with E-state index in [0.29, 0.717) is 0 Å². The van der Waals surface area contributed by atoms with E-state index in [1.807, 2.05) is 0 Å². The Morgan fingerprint density at radius 3 is 2.27 bits per heavy atom. The number of nitro benzene ring substituents is 1. The van der Waals surface area contributed by atoms with Crippen LogP contribution in [0, 0.1) is 10.1 Å². The van der Waals surface area contributed by atoms with E-state index in [4.69, 9.17) is 4.74 Å². The molecule has 15 heavy (non-hydrogen) atoms. The summed E-state index contributed by atoms with van der Waals surface area (Å²) in [5, 5.41) is 20.2. The van der Waals surface area contributed by atoms with Gasteiger partial charge in [-0.15, -0.1) is 0 Å². The summed E-state index contributed by atoms with van der Waals surface area (Å²) in [7, 11) is 0. The second-order valence-electron chi connectivity index (χ2n) is 2.41. The van der Waals surface area contributed by atoms with Crippen LogP contribution in [-0.4, -0.2) is 17.5 Å². The van der Waals surface area contributed by atoms with Crippen LogP contribution in [0.15, 0.2) is 24.3 Å². The van der Waals surface area contributed by atoms with E-state index in [-0.39, 0.29) is 41.0 Å². The van der Waals surface area contributed by atoms with Gasteiger partial charge in [0, 0.05) is 12.1 Å². The van der Waals surface area contributed by atoms with Gasteiger partial charge in [-0.25, -0.2) is 0 Å². The van der Waals surface area contributed by atoms with Gasteiger partial charge in [0.1, 0.15) is 12.4 Å². The number of nitro groups is 1. The smallest absolute Gasteiger partial charge is 0.546 e. The predicted molar refractivity (Wildman–Crippen MR) is 43.6 cm³/mol. The van der Waals surface area contributed by atoms with Gasteiger partial charge in [-0.1, -0.05) is 0 Å². The predicted octanol–water partition coefficient (Wildman–Crippen LogP) is -3.27. The van der Waals surface area contributed by atoms with E-state index in [0.717, 1.165) is 0 Å². The fraction of sp³-hybridized carbons (Fsp3) is 0.125. The molecule has 0 heterocycles. The summed E-state index contributed by atoms with van der Waals surface area (Å²) >= 11 is 0. The molecule has 0 aliphatic carbocycles. The number of ether oxygens (including phenoxy) is 1. The average Bonchev–Trinajstić information content (AvgIpc) is 2.15. The van der Waals surface area contributed by atoms with Crippen molar-refractivity contribution in [3.05, 3.63) is 34.4 Å². The van der Waals surface area contributed by atoms with Crippen LogP contribution in [0.2, 0.25) is 0 Å². The molecule has 0 fully saturated rings. The monoisotopic (exact) mass is 219 g/mol. The van der Waals surface area contributed by atoms with Crippen LogP contribution in [0.3, 0.4) is 0 Å². The molecule has 0 unspecified atom stereocenters. The normalized spacial score (nSPS) is 8.80. The van der Waals surface area contributed by atoms with Gasteiger partial charge in [0.25, 0.3) is 5.69 Å². The van der Waals surface area contributed by atoms with Crippen LogP contribution >= 0.6 is 0 Å². The molecule has 1 aromatic rings. The standard InChI is InChI=1S/C8H7NO5.Na/c10-8(11)5-14-7-3-1-6(2-4-7)9(12)13;/h1-4H,5H2,(H,10,11);/q;+1/p-1. The van der Waals surface area contributed by atoms with Crippen molar-refractivity contribution in [2.24, 2.45) is 0 Å². The van der Waals surface area contributed by atoms with Crippen molar-refractivity contribution >= 4 is 11.7 Å². The first-order valence-corrected chi connectivity index (χ1v) is 3.66. The van der Waals surface area contributed by atoms with Gasteiger partial charge in [-0.3, -0.25) is 10.1 Å². The molecule has 0 aliphatic heterocycles. The fourth-order valence-corrected chi connectivity index (χ4v) is 0.806. The molecule has 74 valence electrons. The number of hydrogen-bond acceptors (Lipinski definition) is 5. The summed E-state index contributed by atoms with van der Waals surface area (Å²) in [4.78, 5) is 19.7. The van der Waals surface area contributed by atoms with Crippen LogP contribution in [-0.2, 0) is 4.79 Å². The topological polar surface area (TPSA) is 92.5 Å². The minimum Gasteiger partial charge on any atom is -0.546 e. The first kappa shape index (κ1) is 13.9. The summed E-state index contributed by atoms with van der Waals surface area (Å²) in [6, 6.07) is 5.09. The van der Waals surface area contributed by atoms with Crippen molar-refractivity contribution < 1.29 is 49.1 Å². The first-order chi connectivity index (χ1) is 6.59. The zero-order valence-corrected chi connectivity index (χ0v) is 10.0. The van der Waals surface area contributed by atoms with Crippen molar-refractivity contribution in [2.75, 3.05) is 6.61 Å². The van der Waals surface area contributed by atoms with Gasteiger partial charge in [0.05, 0.1) is 10.9 Å². The third-order valence-electron chi connectivity index (χ3n) is 1.40. The number of hydrogen-bond donors (Lipinski definition) is 0. The minimum absolute atomic E-state index is 0. The fourth-order valence-electron chi connectivity index (χ4n) is 0.806. The molecule has 0 radical (unpaired) electrons.